The van der Waals surface area contributed by atoms with E-state index in [1.807, 2.05) is 0 Å². The molecule has 2 heterocycles. The van der Waals surface area contributed by atoms with Crippen molar-refractivity contribution in [1.29, 1.82) is 0 Å². The van der Waals surface area contributed by atoms with Crippen LogP contribution in [-0.2, 0) is 10.0 Å². The van der Waals surface area contributed by atoms with Gasteiger partial charge in [0.1, 0.15) is 17.3 Å². The first-order valence-electron chi connectivity index (χ1n) is 7.40. The van der Waals surface area contributed by atoms with Gasteiger partial charge in [0.2, 0.25) is 0 Å². The van der Waals surface area contributed by atoms with Crippen LogP contribution >= 0.6 is 11.6 Å². The van der Waals surface area contributed by atoms with Crippen LogP contribution in [0.2, 0.25) is 5.02 Å². The Morgan fingerprint density at radius 3 is 2.54 bits per heavy atom. The van der Waals surface area contributed by atoms with E-state index in [1.165, 1.54) is 31.5 Å². The van der Waals surface area contributed by atoms with Crippen molar-refractivity contribution in [2.45, 2.75) is 11.8 Å². The largest absolute Gasteiger partial charge is 0.495 e. The lowest BCUT2D eigenvalue weighted by molar-refractivity contribution is 0.400. The number of hydrogen-bond acceptors (Lipinski definition) is 7. The number of pyridine rings is 1. The van der Waals surface area contributed by atoms with Crippen LogP contribution in [0.4, 0.5) is 17.3 Å². The second kappa shape index (κ2) is 7.22. The minimum absolute atomic E-state index is 0.0172. The molecule has 0 amide bonds. The van der Waals surface area contributed by atoms with Gasteiger partial charge in [0.05, 0.1) is 28.9 Å². The fourth-order valence-corrected chi connectivity index (χ4v) is 3.50. The number of ether oxygens (including phenoxy) is 1. The fraction of sp³-hybridized carbons (Fsp3) is 0.125. The van der Waals surface area contributed by atoms with Gasteiger partial charge in [0, 0.05) is 6.07 Å². The standard InChI is InChI=1S/C16H15ClN4O4S/c1-10-7-16(20-25-10)19-15-6-3-11(9-18-15)21-26(22,23)12-4-5-14(24-2)13(17)8-12/h3-9,21H,1-2H3,(H,18,19,20). The molecule has 3 rings (SSSR count). The summed E-state index contributed by atoms with van der Waals surface area (Å²) in [4.78, 5) is 4.16. The highest BCUT2D eigenvalue weighted by Gasteiger charge is 2.16. The highest BCUT2D eigenvalue weighted by molar-refractivity contribution is 7.92. The van der Waals surface area contributed by atoms with Crippen molar-refractivity contribution in [3.8, 4) is 5.75 Å². The monoisotopic (exact) mass is 394 g/mol. The molecule has 0 bridgehead atoms. The van der Waals surface area contributed by atoms with Crippen LogP contribution in [0.1, 0.15) is 5.76 Å². The van der Waals surface area contributed by atoms with E-state index >= 15 is 0 Å². The van der Waals surface area contributed by atoms with E-state index in [0.717, 1.165) is 0 Å². The zero-order valence-corrected chi connectivity index (χ0v) is 15.4. The second-order valence-electron chi connectivity index (χ2n) is 5.28. The van der Waals surface area contributed by atoms with E-state index in [0.29, 0.717) is 28.8 Å². The van der Waals surface area contributed by atoms with Crippen LogP contribution in [0.3, 0.4) is 0 Å². The van der Waals surface area contributed by atoms with E-state index < -0.39 is 10.0 Å². The smallest absolute Gasteiger partial charge is 0.261 e. The summed E-state index contributed by atoms with van der Waals surface area (Å²) in [6.07, 6.45) is 1.39. The number of aromatic nitrogens is 2. The maximum absolute atomic E-state index is 12.5. The van der Waals surface area contributed by atoms with Gasteiger partial charge in [-0.3, -0.25) is 4.72 Å². The molecule has 0 fully saturated rings. The molecule has 136 valence electrons. The van der Waals surface area contributed by atoms with Crippen molar-refractivity contribution >= 4 is 38.9 Å². The van der Waals surface area contributed by atoms with E-state index in [9.17, 15) is 8.42 Å². The number of halogens is 1. The minimum atomic E-state index is -3.81. The number of methoxy groups -OCH3 is 1. The third kappa shape index (κ3) is 4.06. The van der Waals surface area contributed by atoms with Gasteiger partial charge in [0.25, 0.3) is 10.0 Å². The normalized spacial score (nSPS) is 11.2. The lowest BCUT2D eigenvalue weighted by Gasteiger charge is -2.10. The number of rotatable bonds is 6. The maximum Gasteiger partial charge on any atom is 0.261 e. The minimum Gasteiger partial charge on any atom is -0.495 e. The first-order valence-corrected chi connectivity index (χ1v) is 9.26. The highest BCUT2D eigenvalue weighted by atomic mass is 35.5. The van der Waals surface area contributed by atoms with E-state index in [1.54, 1.807) is 25.1 Å². The third-order valence-corrected chi connectivity index (χ3v) is 5.01. The molecule has 10 heteroatoms. The first-order chi connectivity index (χ1) is 12.4. The summed E-state index contributed by atoms with van der Waals surface area (Å²) < 4.78 is 37.3. The first kappa shape index (κ1) is 18.0. The topological polar surface area (TPSA) is 106 Å². The summed E-state index contributed by atoms with van der Waals surface area (Å²) in [5.74, 6) is 2.06. The summed E-state index contributed by atoms with van der Waals surface area (Å²) in [5, 5.41) is 6.94. The average Bonchev–Trinajstić information content (AvgIpc) is 3.01. The van der Waals surface area contributed by atoms with Gasteiger partial charge in [-0.15, -0.1) is 0 Å². The fourth-order valence-electron chi connectivity index (χ4n) is 2.11. The molecule has 0 aliphatic heterocycles. The number of nitrogens with zero attached hydrogens (tertiary/aromatic N) is 2. The van der Waals surface area contributed by atoms with Gasteiger partial charge in [-0.2, -0.15) is 0 Å². The van der Waals surface area contributed by atoms with Crippen molar-refractivity contribution in [3.05, 3.63) is 53.4 Å². The van der Waals surface area contributed by atoms with Crippen LogP contribution in [0.15, 0.2) is 52.0 Å². The predicted octanol–water partition coefficient (Wildman–Crippen LogP) is 3.58. The van der Waals surface area contributed by atoms with E-state index in [2.05, 4.69) is 20.2 Å². The van der Waals surface area contributed by atoms with Crippen molar-refractivity contribution in [1.82, 2.24) is 10.1 Å². The van der Waals surface area contributed by atoms with Crippen LogP contribution in [-0.4, -0.2) is 25.7 Å². The Kier molecular flexibility index (Phi) is 5.01. The molecule has 0 saturated heterocycles. The Hall–Kier alpha value is -2.78. The Morgan fingerprint density at radius 2 is 1.96 bits per heavy atom. The Labute approximate surface area is 155 Å². The van der Waals surface area contributed by atoms with Crippen molar-refractivity contribution in [2.24, 2.45) is 0 Å². The Bertz CT molecular complexity index is 1020. The molecule has 0 aliphatic rings. The molecule has 0 unspecified atom stereocenters. The summed E-state index contributed by atoms with van der Waals surface area (Å²) in [6.45, 7) is 1.77. The lowest BCUT2D eigenvalue weighted by Crippen LogP contribution is -2.13. The van der Waals surface area contributed by atoms with Gasteiger partial charge >= 0.3 is 0 Å². The zero-order valence-electron chi connectivity index (χ0n) is 13.9. The average molecular weight is 395 g/mol. The van der Waals surface area contributed by atoms with Gasteiger partial charge < -0.3 is 14.6 Å². The van der Waals surface area contributed by atoms with Gasteiger partial charge in [-0.25, -0.2) is 13.4 Å². The number of anilines is 3. The number of sulfonamides is 1. The zero-order chi connectivity index (χ0) is 18.7. The van der Waals surface area contributed by atoms with Crippen molar-refractivity contribution in [3.63, 3.8) is 0 Å². The molecule has 3 aromatic rings. The molecule has 0 atom stereocenters. The van der Waals surface area contributed by atoms with Crippen molar-refractivity contribution < 1.29 is 17.7 Å². The SMILES string of the molecule is COc1ccc(S(=O)(=O)Nc2ccc(Nc3cc(C)on3)nc2)cc1Cl. The van der Waals surface area contributed by atoms with Crippen LogP contribution in [0.25, 0.3) is 0 Å². The van der Waals surface area contributed by atoms with Gasteiger partial charge in [-0.1, -0.05) is 16.8 Å². The summed E-state index contributed by atoms with van der Waals surface area (Å²) in [7, 11) is -2.35. The highest BCUT2D eigenvalue weighted by Crippen LogP contribution is 2.28. The molecule has 0 aliphatic carbocycles. The third-order valence-electron chi connectivity index (χ3n) is 3.33. The maximum atomic E-state index is 12.5. The Balaban J connectivity index is 1.74. The molecule has 26 heavy (non-hydrogen) atoms. The lowest BCUT2D eigenvalue weighted by atomic mass is 10.3. The Morgan fingerprint density at radius 1 is 1.15 bits per heavy atom. The number of nitrogens with one attached hydrogen (secondary N) is 2. The van der Waals surface area contributed by atoms with Crippen LogP contribution < -0.4 is 14.8 Å². The van der Waals surface area contributed by atoms with Gasteiger partial charge in [-0.05, 0) is 37.3 Å². The molecule has 0 radical (unpaired) electrons. The number of benzene rings is 1. The molecule has 2 N–H and O–H groups in total. The van der Waals surface area contributed by atoms with Gasteiger partial charge in [0.15, 0.2) is 5.82 Å². The number of hydrogen-bond donors (Lipinski definition) is 2. The summed E-state index contributed by atoms with van der Waals surface area (Å²) in [6, 6.07) is 9.11. The van der Waals surface area contributed by atoms with E-state index in [-0.39, 0.29) is 9.92 Å². The molecule has 0 saturated carbocycles. The summed E-state index contributed by atoms with van der Waals surface area (Å²) in [5.41, 5.74) is 0.304. The molecule has 2 aromatic heterocycles. The molecule has 0 spiro atoms. The molecular weight excluding hydrogens is 380 g/mol. The van der Waals surface area contributed by atoms with Crippen LogP contribution in [0, 0.1) is 6.92 Å². The molecule has 8 nitrogen and oxygen atoms in total. The van der Waals surface area contributed by atoms with E-state index in [4.69, 9.17) is 20.9 Å². The molecular formula is C16H15ClN4O4S. The van der Waals surface area contributed by atoms with Crippen molar-refractivity contribution in [2.75, 3.05) is 17.1 Å². The summed E-state index contributed by atoms with van der Waals surface area (Å²) >= 11 is 5.99. The number of aryl methyl sites for hydroxylation is 1. The quantitative estimate of drug-likeness (QED) is 0.657. The second-order valence-corrected chi connectivity index (χ2v) is 7.37. The predicted molar refractivity (Wildman–Crippen MR) is 97.6 cm³/mol. The van der Waals surface area contributed by atoms with Crippen LogP contribution in [0.5, 0.6) is 5.75 Å². The molecule has 1 aromatic carbocycles.